The first-order valence-electron chi connectivity index (χ1n) is 9.60. The van der Waals surface area contributed by atoms with Gasteiger partial charge in [0.25, 0.3) is 5.91 Å². The fourth-order valence-electron chi connectivity index (χ4n) is 3.87. The van der Waals surface area contributed by atoms with Crippen LogP contribution in [0.4, 0.5) is 15.8 Å². The maximum absolute atomic E-state index is 14.0. The molecule has 0 bridgehead atoms. The normalized spacial score (nSPS) is 16.0. The molecule has 0 saturated carbocycles. The Hall–Kier alpha value is -3.23. The number of anilines is 2. The van der Waals surface area contributed by atoms with E-state index < -0.39 is 12.0 Å². The van der Waals surface area contributed by atoms with Crippen LogP contribution in [0.25, 0.3) is 10.6 Å². The number of hydrogen-bond donors (Lipinski definition) is 1. The number of aromatic nitrogens is 1. The SMILES string of the molecule is Cc1nc(-c2ccc(C3N(C)c4ccc(F)cc4C(=O)N3c3ccccc3O)s2)cs1. The zero-order valence-corrected chi connectivity index (χ0v) is 18.4. The topological polar surface area (TPSA) is 56.7 Å². The van der Waals surface area contributed by atoms with Gasteiger partial charge in [-0.05, 0) is 49.4 Å². The lowest BCUT2D eigenvalue weighted by molar-refractivity contribution is 0.0969. The molecule has 1 aliphatic heterocycles. The molecule has 1 amide bonds. The number of carbonyl (C=O) groups is 1. The van der Waals surface area contributed by atoms with E-state index in [9.17, 15) is 14.3 Å². The molecule has 31 heavy (non-hydrogen) atoms. The predicted molar refractivity (Wildman–Crippen MR) is 123 cm³/mol. The van der Waals surface area contributed by atoms with E-state index in [2.05, 4.69) is 4.98 Å². The van der Waals surface area contributed by atoms with Gasteiger partial charge in [-0.3, -0.25) is 9.69 Å². The summed E-state index contributed by atoms with van der Waals surface area (Å²) in [6.45, 7) is 1.96. The number of phenolic OH excluding ortho intramolecular Hbond substituents is 1. The van der Waals surface area contributed by atoms with Crippen molar-refractivity contribution in [2.75, 3.05) is 16.8 Å². The summed E-state index contributed by atoms with van der Waals surface area (Å²) in [6, 6.07) is 14.9. The minimum Gasteiger partial charge on any atom is -0.506 e. The maximum Gasteiger partial charge on any atom is 0.262 e. The van der Waals surface area contributed by atoms with E-state index >= 15 is 0 Å². The van der Waals surface area contributed by atoms with Gasteiger partial charge in [0.2, 0.25) is 0 Å². The van der Waals surface area contributed by atoms with Crippen LogP contribution in [0.2, 0.25) is 0 Å². The molecule has 0 radical (unpaired) electrons. The molecule has 2 aromatic heterocycles. The number of aromatic hydroxyl groups is 1. The summed E-state index contributed by atoms with van der Waals surface area (Å²) in [5.41, 5.74) is 2.18. The first-order valence-corrected chi connectivity index (χ1v) is 11.3. The summed E-state index contributed by atoms with van der Waals surface area (Å²) in [5.74, 6) is -0.854. The van der Waals surface area contributed by atoms with Crippen molar-refractivity contribution >= 4 is 40.0 Å². The van der Waals surface area contributed by atoms with Gasteiger partial charge in [0, 0.05) is 17.3 Å². The molecule has 1 N–H and O–H groups in total. The highest BCUT2D eigenvalue weighted by Gasteiger charge is 2.40. The number of amides is 1. The van der Waals surface area contributed by atoms with Gasteiger partial charge in [-0.15, -0.1) is 22.7 Å². The number of para-hydroxylation sites is 2. The third kappa shape index (κ3) is 3.28. The summed E-state index contributed by atoms with van der Waals surface area (Å²) >= 11 is 3.14. The van der Waals surface area contributed by atoms with Gasteiger partial charge in [0.1, 0.15) is 17.7 Å². The minimum atomic E-state index is -0.503. The third-order valence-corrected chi connectivity index (χ3v) is 7.21. The van der Waals surface area contributed by atoms with Gasteiger partial charge >= 0.3 is 0 Å². The Balaban J connectivity index is 1.68. The van der Waals surface area contributed by atoms with Gasteiger partial charge in [-0.25, -0.2) is 9.37 Å². The number of nitrogens with zero attached hydrogens (tertiary/aromatic N) is 3. The first-order chi connectivity index (χ1) is 14.9. The van der Waals surface area contributed by atoms with Crippen molar-refractivity contribution in [3.63, 3.8) is 0 Å². The van der Waals surface area contributed by atoms with Crippen LogP contribution in [0.5, 0.6) is 5.75 Å². The highest BCUT2D eigenvalue weighted by molar-refractivity contribution is 7.16. The van der Waals surface area contributed by atoms with Crippen LogP contribution in [0.1, 0.15) is 26.4 Å². The second-order valence-electron chi connectivity index (χ2n) is 7.26. The van der Waals surface area contributed by atoms with E-state index in [1.54, 1.807) is 53.0 Å². The molecule has 1 aliphatic rings. The number of thiophene rings is 1. The van der Waals surface area contributed by atoms with E-state index in [4.69, 9.17) is 0 Å². The smallest absolute Gasteiger partial charge is 0.262 e. The van der Waals surface area contributed by atoms with E-state index in [1.807, 2.05) is 36.4 Å². The zero-order chi connectivity index (χ0) is 21.7. The van der Waals surface area contributed by atoms with Crippen LogP contribution in [-0.4, -0.2) is 23.0 Å². The Morgan fingerprint density at radius 2 is 1.90 bits per heavy atom. The van der Waals surface area contributed by atoms with E-state index in [0.717, 1.165) is 20.5 Å². The summed E-state index contributed by atoms with van der Waals surface area (Å²) in [4.78, 5) is 23.5. The molecule has 156 valence electrons. The Labute approximate surface area is 186 Å². The first kappa shape index (κ1) is 19.7. The predicted octanol–water partition coefficient (Wildman–Crippen LogP) is 5.82. The number of phenols is 1. The van der Waals surface area contributed by atoms with E-state index in [1.165, 1.54) is 17.0 Å². The Kier molecular flexibility index (Phi) is 4.75. The van der Waals surface area contributed by atoms with Crippen molar-refractivity contribution in [3.8, 4) is 16.3 Å². The van der Waals surface area contributed by atoms with Crippen LogP contribution in [0.3, 0.4) is 0 Å². The van der Waals surface area contributed by atoms with E-state index in [-0.39, 0.29) is 17.2 Å². The lowest BCUT2D eigenvalue weighted by Crippen LogP contribution is -2.48. The average molecular weight is 452 g/mol. The van der Waals surface area contributed by atoms with Crippen LogP contribution < -0.4 is 9.80 Å². The average Bonchev–Trinajstić information content (AvgIpc) is 3.40. The quantitative estimate of drug-likeness (QED) is 0.426. The van der Waals surface area contributed by atoms with Crippen molar-refractivity contribution in [3.05, 3.63) is 81.2 Å². The number of hydrogen-bond acceptors (Lipinski definition) is 6. The number of rotatable bonds is 3. The van der Waals surface area contributed by atoms with Gasteiger partial charge < -0.3 is 10.0 Å². The molecule has 4 aromatic rings. The lowest BCUT2D eigenvalue weighted by atomic mass is 10.0. The Morgan fingerprint density at radius 3 is 2.65 bits per heavy atom. The van der Waals surface area contributed by atoms with Crippen LogP contribution in [0, 0.1) is 12.7 Å². The van der Waals surface area contributed by atoms with Gasteiger partial charge in [-0.1, -0.05) is 12.1 Å². The number of halogens is 1. The standard InChI is InChI=1S/C23H18FN3O2S2/c1-13-25-16(12-30-13)20-9-10-21(31-20)22-26(2)17-8-7-14(24)11-15(17)23(29)27(22)18-5-3-4-6-19(18)28/h3-12,22,28H,1-2H3. The van der Waals surface area contributed by atoms with Crippen LogP contribution in [0.15, 0.2) is 60.0 Å². The fourth-order valence-corrected chi connectivity index (χ4v) is 5.66. The summed E-state index contributed by atoms with van der Waals surface area (Å²) in [7, 11) is 1.87. The largest absolute Gasteiger partial charge is 0.506 e. The molecule has 0 aliphatic carbocycles. The fraction of sp³-hybridized carbons (Fsp3) is 0.130. The molecule has 3 heterocycles. The molecule has 1 unspecified atom stereocenters. The Bertz CT molecular complexity index is 1300. The highest BCUT2D eigenvalue weighted by atomic mass is 32.1. The molecule has 8 heteroatoms. The molecule has 0 spiro atoms. The summed E-state index contributed by atoms with van der Waals surface area (Å²) < 4.78 is 14.0. The van der Waals surface area contributed by atoms with Crippen LogP contribution >= 0.6 is 22.7 Å². The molecular formula is C23H18FN3O2S2. The van der Waals surface area contributed by atoms with Crippen molar-refractivity contribution in [2.24, 2.45) is 0 Å². The number of benzene rings is 2. The molecule has 5 rings (SSSR count). The Morgan fingerprint density at radius 1 is 1.10 bits per heavy atom. The summed E-state index contributed by atoms with van der Waals surface area (Å²) in [5, 5.41) is 13.5. The van der Waals surface area contributed by atoms with Crippen molar-refractivity contribution in [1.29, 1.82) is 0 Å². The summed E-state index contributed by atoms with van der Waals surface area (Å²) in [6.07, 6.45) is -0.503. The number of fused-ring (bicyclic) bond motifs is 1. The van der Waals surface area contributed by atoms with Gasteiger partial charge in [-0.2, -0.15) is 0 Å². The lowest BCUT2D eigenvalue weighted by Gasteiger charge is -2.43. The minimum absolute atomic E-state index is 0.0130. The van der Waals surface area contributed by atoms with Crippen molar-refractivity contribution in [2.45, 2.75) is 13.1 Å². The molecule has 1 atom stereocenters. The monoisotopic (exact) mass is 451 g/mol. The second kappa shape index (κ2) is 7.47. The third-order valence-electron chi connectivity index (χ3n) is 5.29. The maximum atomic E-state index is 14.0. The number of thiazole rings is 1. The van der Waals surface area contributed by atoms with Gasteiger partial charge in [0.05, 0.1) is 32.5 Å². The molecule has 0 fully saturated rings. The molecule has 0 saturated heterocycles. The molecule has 5 nitrogen and oxygen atoms in total. The second-order valence-corrected chi connectivity index (χ2v) is 9.44. The van der Waals surface area contributed by atoms with Crippen molar-refractivity contribution in [1.82, 2.24) is 4.98 Å². The zero-order valence-electron chi connectivity index (χ0n) is 16.7. The number of carbonyl (C=O) groups excluding carboxylic acids is 1. The van der Waals surface area contributed by atoms with Crippen molar-refractivity contribution < 1.29 is 14.3 Å². The van der Waals surface area contributed by atoms with E-state index in [0.29, 0.717) is 11.4 Å². The molecule has 2 aromatic carbocycles. The van der Waals surface area contributed by atoms with Gasteiger partial charge in [0.15, 0.2) is 0 Å². The van der Waals surface area contributed by atoms with Crippen LogP contribution in [-0.2, 0) is 0 Å². The highest BCUT2D eigenvalue weighted by Crippen LogP contribution is 2.45. The molecular weight excluding hydrogens is 433 g/mol. The number of aryl methyl sites for hydroxylation is 1.